The number of halogens is 2. The Morgan fingerprint density at radius 1 is 1.15 bits per heavy atom. The first kappa shape index (κ1) is 15.5. The van der Waals surface area contributed by atoms with Gasteiger partial charge in [-0.1, -0.05) is 34.5 Å². The second-order valence-electron chi connectivity index (χ2n) is 4.11. The Hall–Kier alpha value is -0.890. The van der Waals surface area contributed by atoms with Gasteiger partial charge in [0.25, 0.3) is 10.0 Å². The molecule has 0 bridgehead atoms. The van der Waals surface area contributed by atoms with Gasteiger partial charge in [-0.2, -0.15) is 0 Å². The Bertz CT molecular complexity index is 759. The monoisotopic (exact) mass is 351 g/mol. The Kier molecular flexibility index (Phi) is 4.24. The molecule has 9 heteroatoms. The van der Waals surface area contributed by atoms with Crippen LogP contribution in [0, 0.1) is 13.8 Å². The minimum absolute atomic E-state index is 0.00332. The molecule has 2 aromatic rings. The van der Waals surface area contributed by atoms with Crippen molar-refractivity contribution < 1.29 is 8.42 Å². The maximum Gasteiger partial charge on any atom is 0.267 e. The van der Waals surface area contributed by atoms with Crippen LogP contribution in [0.25, 0.3) is 0 Å². The standard InChI is InChI=1S/C11H11Cl2N3O2S2/c1-6-4-10(9(13)5-8(6)12)20(17,18)16(3)11-15-14-7(2)19-11/h4-5H,1-3H3. The summed E-state index contributed by atoms with van der Waals surface area (Å²) in [5.74, 6) is 0. The fourth-order valence-electron chi connectivity index (χ4n) is 1.49. The predicted molar refractivity (Wildman–Crippen MR) is 81.4 cm³/mol. The van der Waals surface area contributed by atoms with E-state index in [4.69, 9.17) is 23.2 Å². The highest BCUT2D eigenvalue weighted by atomic mass is 35.5. The molecular formula is C11H11Cl2N3O2S2. The first-order chi connectivity index (χ1) is 9.23. The molecule has 0 saturated carbocycles. The van der Waals surface area contributed by atoms with Crippen LogP contribution in [0.5, 0.6) is 0 Å². The van der Waals surface area contributed by atoms with Gasteiger partial charge in [-0.25, -0.2) is 12.7 Å². The van der Waals surface area contributed by atoms with Crippen molar-refractivity contribution in [1.29, 1.82) is 0 Å². The van der Waals surface area contributed by atoms with Crippen LogP contribution < -0.4 is 4.31 Å². The molecular weight excluding hydrogens is 341 g/mol. The summed E-state index contributed by atoms with van der Waals surface area (Å²) in [4.78, 5) is -0.00332. The largest absolute Gasteiger partial charge is 0.267 e. The van der Waals surface area contributed by atoms with Gasteiger partial charge in [0.2, 0.25) is 5.13 Å². The third kappa shape index (κ3) is 2.76. The summed E-state index contributed by atoms with van der Waals surface area (Å²) < 4.78 is 26.2. The molecule has 108 valence electrons. The van der Waals surface area contributed by atoms with Crippen molar-refractivity contribution in [3.8, 4) is 0 Å². The minimum Gasteiger partial charge on any atom is -0.243 e. The molecule has 20 heavy (non-hydrogen) atoms. The zero-order valence-corrected chi connectivity index (χ0v) is 14.0. The zero-order chi connectivity index (χ0) is 15.1. The number of aromatic nitrogens is 2. The van der Waals surface area contributed by atoms with Gasteiger partial charge in [0, 0.05) is 12.1 Å². The lowest BCUT2D eigenvalue weighted by atomic mass is 10.2. The van der Waals surface area contributed by atoms with Gasteiger partial charge < -0.3 is 0 Å². The maximum absolute atomic E-state index is 12.6. The number of nitrogens with zero attached hydrogens (tertiary/aromatic N) is 3. The summed E-state index contributed by atoms with van der Waals surface area (Å²) in [6, 6.07) is 2.87. The van der Waals surface area contributed by atoms with Crippen molar-refractivity contribution in [3.05, 3.63) is 32.7 Å². The average Bonchev–Trinajstić information content (AvgIpc) is 2.79. The SMILES string of the molecule is Cc1nnc(N(C)S(=O)(=O)c2cc(C)c(Cl)cc2Cl)s1. The normalized spacial score (nSPS) is 11.7. The summed E-state index contributed by atoms with van der Waals surface area (Å²) in [6.45, 7) is 3.47. The van der Waals surface area contributed by atoms with Gasteiger partial charge >= 0.3 is 0 Å². The summed E-state index contributed by atoms with van der Waals surface area (Å²) in [5, 5.41) is 9.09. The lowest BCUT2D eigenvalue weighted by Crippen LogP contribution is -2.26. The molecule has 5 nitrogen and oxygen atoms in total. The third-order valence-electron chi connectivity index (χ3n) is 2.64. The van der Waals surface area contributed by atoms with Crippen molar-refractivity contribution in [2.75, 3.05) is 11.4 Å². The van der Waals surface area contributed by atoms with Crippen LogP contribution in [0.2, 0.25) is 10.0 Å². The fraction of sp³-hybridized carbons (Fsp3) is 0.273. The van der Waals surface area contributed by atoms with Gasteiger partial charge in [-0.15, -0.1) is 10.2 Å². The number of rotatable bonds is 3. The van der Waals surface area contributed by atoms with Crippen molar-refractivity contribution in [2.45, 2.75) is 18.7 Å². The third-order valence-corrected chi connectivity index (χ3v) is 6.29. The molecule has 0 saturated heterocycles. The maximum atomic E-state index is 12.6. The van der Waals surface area contributed by atoms with E-state index < -0.39 is 10.0 Å². The van der Waals surface area contributed by atoms with E-state index in [-0.39, 0.29) is 15.0 Å². The van der Waals surface area contributed by atoms with E-state index in [0.29, 0.717) is 15.6 Å². The highest BCUT2D eigenvalue weighted by molar-refractivity contribution is 7.93. The van der Waals surface area contributed by atoms with Crippen LogP contribution in [-0.4, -0.2) is 25.7 Å². The van der Waals surface area contributed by atoms with Gasteiger partial charge in [0.15, 0.2) is 0 Å². The van der Waals surface area contributed by atoms with E-state index in [0.717, 1.165) is 4.31 Å². The van der Waals surface area contributed by atoms with E-state index in [1.807, 2.05) is 0 Å². The lowest BCUT2D eigenvalue weighted by Gasteiger charge is -2.17. The van der Waals surface area contributed by atoms with Crippen LogP contribution in [0.1, 0.15) is 10.6 Å². The molecule has 0 fully saturated rings. The van der Waals surface area contributed by atoms with Gasteiger partial charge in [-0.3, -0.25) is 0 Å². The molecule has 0 aliphatic heterocycles. The summed E-state index contributed by atoms with van der Waals surface area (Å²) in [5.41, 5.74) is 0.636. The molecule has 0 N–H and O–H groups in total. The zero-order valence-electron chi connectivity index (χ0n) is 10.9. The van der Waals surface area contributed by atoms with Crippen molar-refractivity contribution >= 4 is 49.7 Å². The molecule has 0 spiro atoms. The van der Waals surface area contributed by atoms with E-state index in [1.54, 1.807) is 13.8 Å². The van der Waals surface area contributed by atoms with E-state index in [2.05, 4.69) is 10.2 Å². The number of aryl methyl sites for hydroxylation is 2. The molecule has 2 rings (SSSR count). The lowest BCUT2D eigenvalue weighted by molar-refractivity contribution is 0.594. The quantitative estimate of drug-likeness (QED) is 0.850. The molecule has 0 aliphatic carbocycles. The van der Waals surface area contributed by atoms with Gasteiger partial charge in [-0.05, 0) is 31.5 Å². The molecule has 0 amide bonds. The first-order valence-corrected chi connectivity index (χ1v) is 8.49. The van der Waals surface area contributed by atoms with Crippen LogP contribution >= 0.6 is 34.5 Å². The van der Waals surface area contributed by atoms with Crippen molar-refractivity contribution in [1.82, 2.24) is 10.2 Å². The summed E-state index contributed by atoms with van der Waals surface area (Å²) in [6.07, 6.45) is 0. The number of benzene rings is 1. The molecule has 1 heterocycles. The molecule has 1 aromatic heterocycles. The Labute approximate surface area is 131 Å². The first-order valence-electron chi connectivity index (χ1n) is 5.48. The number of hydrogen-bond acceptors (Lipinski definition) is 5. The summed E-state index contributed by atoms with van der Waals surface area (Å²) in [7, 11) is -2.39. The average molecular weight is 352 g/mol. The Balaban J connectivity index is 2.53. The van der Waals surface area contributed by atoms with Gasteiger partial charge in [0.05, 0.1) is 5.02 Å². The highest BCUT2D eigenvalue weighted by Gasteiger charge is 2.27. The Morgan fingerprint density at radius 3 is 2.35 bits per heavy atom. The number of anilines is 1. The number of sulfonamides is 1. The molecule has 0 aliphatic rings. The van der Waals surface area contributed by atoms with Crippen LogP contribution in [0.4, 0.5) is 5.13 Å². The van der Waals surface area contributed by atoms with Crippen LogP contribution in [0.3, 0.4) is 0 Å². The summed E-state index contributed by atoms with van der Waals surface area (Å²) >= 11 is 13.1. The van der Waals surface area contributed by atoms with Crippen LogP contribution in [-0.2, 0) is 10.0 Å². The highest BCUT2D eigenvalue weighted by Crippen LogP contribution is 2.32. The Morgan fingerprint density at radius 2 is 1.80 bits per heavy atom. The second-order valence-corrected chi connectivity index (χ2v) is 8.02. The van der Waals surface area contributed by atoms with E-state index in [1.165, 1.54) is 30.5 Å². The van der Waals surface area contributed by atoms with E-state index >= 15 is 0 Å². The molecule has 1 aromatic carbocycles. The smallest absolute Gasteiger partial charge is 0.243 e. The predicted octanol–water partition coefficient (Wildman–Crippen LogP) is 3.29. The van der Waals surface area contributed by atoms with Gasteiger partial charge in [0.1, 0.15) is 9.90 Å². The van der Waals surface area contributed by atoms with E-state index in [9.17, 15) is 8.42 Å². The number of hydrogen-bond donors (Lipinski definition) is 0. The minimum atomic E-state index is -3.80. The molecule has 0 atom stereocenters. The molecule has 0 radical (unpaired) electrons. The molecule has 0 unspecified atom stereocenters. The topological polar surface area (TPSA) is 63.2 Å². The second kappa shape index (κ2) is 5.48. The van der Waals surface area contributed by atoms with Crippen LogP contribution in [0.15, 0.2) is 17.0 Å². The van der Waals surface area contributed by atoms with Crippen molar-refractivity contribution in [3.63, 3.8) is 0 Å². The fourth-order valence-corrected chi connectivity index (χ4v) is 4.30. The van der Waals surface area contributed by atoms with Crippen molar-refractivity contribution in [2.24, 2.45) is 0 Å².